The zero-order valence-electron chi connectivity index (χ0n) is 16.4. The maximum atomic E-state index is 11.6. The largest absolute Gasteiger partial charge is 0.393 e. The highest BCUT2D eigenvalue weighted by atomic mass is 16.1. The minimum atomic E-state index is 0.0151. The van der Waals surface area contributed by atoms with Gasteiger partial charge in [0.1, 0.15) is 12.0 Å². The second kappa shape index (κ2) is 8.18. The monoisotopic (exact) mass is 388 g/mol. The summed E-state index contributed by atoms with van der Waals surface area (Å²) in [4.78, 5) is 24.9. The van der Waals surface area contributed by atoms with E-state index in [1.807, 2.05) is 18.2 Å². The van der Waals surface area contributed by atoms with Crippen LogP contribution in [0.5, 0.6) is 0 Å². The summed E-state index contributed by atoms with van der Waals surface area (Å²) in [7, 11) is 0. The number of nitrogens with two attached hydrogens (primary N) is 1. The molecule has 1 aromatic heterocycles. The van der Waals surface area contributed by atoms with Crippen molar-refractivity contribution in [3.05, 3.63) is 66.5 Å². The molecule has 3 N–H and O–H groups in total. The summed E-state index contributed by atoms with van der Waals surface area (Å²) in [6.07, 6.45) is 1.52. The summed E-state index contributed by atoms with van der Waals surface area (Å²) in [6.45, 7) is 5.00. The average Bonchev–Trinajstić information content (AvgIpc) is 2.76. The Bertz CT molecular complexity index is 999. The molecule has 0 radical (unpaired) electrons. The molecule has 1 aliphatic heterocycles. The Morgan fingerprint density at radius 3 is 2.41 bits per heavy atom. The zero-order chi connectivity index (χ0) is 20.2. The van der Waals surface area contributed by atoms with Gasteiger partial charge in [0.05, 0.1) is 0 Å². The van der Waals surface area contributed by atoms with Crippen LogP contribution in [0, 0.1) is 0 Å². The molecule has 1 saturated heterocycles. The number of carbonyl (C=O) groups is 1. The van der Waals surface area contributed by atoms with Crippen molar-refractivity contribution in [2.45, 2.75) is 6.92 Å². The van der Waals surface area contributed by atoms with Crippen molar-refractivity contribution in [1.82, 2.24) is 9.97 Å². The lowest BCUT2D eigenvalue weighted by atomic mass is 10.1. The van der Waals surface area contributed by atoms with Crippen molar-refractivity contribution in [3.8, 4) is 0 Å². The van der Waals surface area contributed by atoms with Gasteiger partial charge in [-0.25, -0.2) is 9.97 Å². The maximum absolute atomic E-state index is 11.6. The number of carbonyl (C=O) groups excluding carboxylic acids is 1. The normalized spacial score (nSPS) is 14.0. The van der Waals surface area contributed by atoms with Crippen LogP contribution in [0.2, 0.25) is 0 Å². The molecule has 2 aromatic carbocycles. The summed E-state index contributed by atoms with van der Waals surface area (Å²) in [5, 5.41) is 3.22. The van der Waals surface area contributed by atoms with Gasteiger partial charge in [-0.05, 0) is 31.2 Å². The second-order valence-corrected chi connectivity index (χ2v) is 7.03. The third-order valence-corrected chi connectivity index (χ3v) is 5.10. The Morgan fingerprint density at radius 1 is 0.966 bits per heavy atom. The van der Waals surface area contributed by atoms with Crippen LogP contribution < -0.4 is 20.9 Å². The fourth-order valence-electron chi connectivity index (χ4n) is 3.51. The highest BCUT2D eigenvalue weighted by molar-refractivity contribution is 5.95. The number of Topliss-reactive ketones (excluding diaryl/α,β-unsaturated/α-hetero) is 1. The lowest BCUT2D eigenvalue weighted by Crippen LogP contribution is -2.47. The Labute approximate surface area is 170 Å². The van der Waals surface area contributed by atoms with Crippen molar-refractivity contribution in [2.24, 2.45) is 0 Å². The number of nitrogen functional groups attached to an aromatic ring is 1. The fraction of sp³-hybridized carbons (Fsp3) is 0.227. The van der Waals surface area contributed by atoms with Gasteiger partial charge in [-0.1, -0.05) is 30.3 Å². The van der Waals surface area contributed by atoms with Crippen LogP contribution in [-0.4, -0.2) is 41.9 Å². The van der Waals surface area contributed by atoms with Gasteiger partial charge >= 0.3 is 0 Å². The zero-order valence-corrected chi connectivity index (χ0v) is 16.4. The number of hydrogen-bond donors (Lipinski definition) is 2. The van der Waals surface area contributed by atoms with Crippen molar-refractivity contribution in [3.63, 3.8) is 0 Å². The Morgan fingerprint density at radius 2 is 1.69 bits per heavy atom. The summed E-state index contributed by atoms with van der Waals surface area (Å²) < 4.78 is 0. The van der Waals surface area contributed by atoms with E-state index in [4.69, 9.17) is 5.73 Å². The molecular formula is C22H24N6O. The topological polar surface area (TPSA) is 87.4 Å². The van der Waals surface area contributed by atoms with E-state index in [0.717, 1.165) is 37.7 Å². The van der Waals surface area contributed by atoms with Crippen molar-refractivity contribution in [1.29, 1.82) is 0 Å². The lowest BCUT2D eigenvalue weighted by Gasteiger charge is -2.37. The molecule has 0 bridgehead atoms. The molecule has 0 atom stereocenters. The van der Waals surface area contributed by atoms with Gasteiger partial charge in [-0.15, -0.1) is 0 Å². The van der Waals surface area contributed by atoms with Gasteiger partial charge in [0, 0.05) is 43.1 Å². The lowest BCUT2D eigenvalue weighted by molar-refractivity contribution is 0.101. The molecule has 1 fully saturated rings. The number of ketones is 1. The standard InChI is InChI=1S/C22H24N6O/c1-16(29)17-6-5-7-18(14-17)26-21-20(23)22(25-15-24-21)28-12-10-27(11-13-28)19-8-3-2-4-9-19/h2-9,14-15H,10-13,23H2,1H3,(H,24,25,26). The quantitative estimate of drug-likeness (QED) is 0.648. The predicted molar refractivity (Wildman–Crippen MR) is 117 cm³/mol. The van der Waals surface area contributed by atoms with Crippen LogP contribution in [0.4, 0.5) is 28.7 Å². The SMILES string of the molecule is CC(=O)c1cccc(Nc2ncnc(N3CCN(c4ccccc4)CC3)c2N)c1. The van der Waals surface area contributed by atoms with Crippen molar-refractivity contribution in [2.75, 3.05) is 47.0 Å². The molecule has 3 aromatic rings. The summed E-state index contributed by atoms with van der Waals surface area (Å²) >= 11 is 0. The van der Waals surface area contributed by atoms with Crippen LogP contribution in [0.3, 0.4) is 0 Å². The molecule has 0 unspecified atom stereocenters. The third-order valence-electron chi connectivity index (χ3n) is 5.10. The van der Waals surface area contributed by atoms with E-state index in [2.05, 4.69) is 49.4 Å². The van der Waals surface area contributed by atoms with Crippen LogP contribution >= 0.6 is 0 Å². The maximum Gasteiger partial charge on any atom is 0.159 e. The molecule has 0 aliphatic carbocycles. The summed E-state index contributed by atoms with van der Waals surface area (Å²) in [5.41, 5.74) is 9.54. The van der Waals surface area contributed by atoms with Crippen molar-refractivity contribution < 1.29 is 4.79 Å². The van der Waals surface area contributed by atoms with E-state index < -0.39 is 0 Å². The fourth-order valence-corrected chi connectivity index (χ4v) is 3.51. The first-order valence-corrected chi connectivity index (χ1v) is 9.65. The number of rotatable bonds is 5. The van der Waals surface area contributed by atoms with Crippen molar-refractivity contribution >= 4 is 34.5 Å². The second-order valence-electron chi connectivity index (χ2n) is 7.03. The Balaban J connectivity index is 1.49. The van der Waals surface area contributed by atoms with E-state index in [0.29, 0.717) is 17.1 Å². The molecular weight excluding hydrogens is 364 g/mol. The first-order chi connectivity index (χ1) is 14.1. The number of piperazine rings is 1. The number of nitrogens with zero attached hydrogens (tertiary/aromatic N) is 4. The molecule has 4 rings (SSSR count). The molecule has 7 heteroatoms. The third kappa shape index (κ3) is 4.13. The number of aromatic nitrogens is 2. The molecule has 0 amide bonds. The molecule has 0 saturated carbocycles. The predicted octanol–water partition coefficient (Wildman–Crippen LogP) is 3.33. The van der Waals surface area contributed by atoms with Gasteiger partial charge in [0.2, 0.25) is 0 Å². The molecule has 2 heterocycles. The van der Waals surface area contributed by atoms with Crippen LogP contribution in [0.1, 0.15) is 17.3 Å². The molecule has 29 heavy (non-hydrogen) atoms. The number of nitrogens with one attached hydrogen (secondary N) is 1. The van der Waals surface area contributed by atoms with E-state index in [1.165, 1.54) is 12.0 Å². The van der Waals surface area contributed by atoms with Gasteiger partial charge in [-0.2, -0.15) is 0 Å². The van der Waals surface area contributed by atoms with E-state index in [1.54, 1.807) is 19.1 Å². The Kier molecular flexibility index (Phi) is 5.29. The average molecular weight is 388 g/mol. The van der Waals surface area contributed by atoms with Crippen LogP contribution in [-0.2, 0) is 0 Å². The number of anilines is 5. The minimum absolute atomic E-state index is 0.0151. The summed E-state index contributed by atoms with van der Waals surface area (Å²) in [5.74, 6) is 1.29. The molecule has 148 valence electrons. The highest BCUT2D eigenvalue weighted by Gasteiger charge is 2.21. The van der Waals surface area contributed by atoms with Crippen LogP contribution in [0.25, 0.3) is 0 Å². The van der Waals surface area contributed by atoms with E-state index in [9.17, 15) is 4.79 Å². The van der Waals surface area contributed by atoms with Gasteiger partial charge in [0.25, 0.3) is 0 Å². The molecule has 7 nitrogen and oxygen atoms in total. The number of hydrogen-bond acceptors (Lipinski definition) is 7. The highest BCUT2D eigenvalue weighted by Crippen LogP contribution is 2.30. The van der Waals surface area contributed by atoms with Crippen LogP contribution in [0.15, 0.2) is 60.9 Å². The van der Waals surface area contributed by atoms with Gasteiger partial charge in [0.15, 0.2) is 17.4 Å². The van der Waals surface area contributed by atoms with E-state index >= 15 is 0 Å². The van der Waals surface area contributed by atoms with Gasteiger partial charge in [-0.3, -0.25) is 4.79 Å². The summed E-state index contributed by atoms with van der Waals surface area (Å²) in [6, 6.07) is 17.7. The first kappa shape index (κ1) is 18.7. The van der Waals surface area contributed by atoms with E-state index in [-0.39, 0.29) is 5.78 Å². The molecule has 1 aliphatic rings. The van der Waals surface area contributed by atoms with Gasteiger partial charge < -0.3 is 20.9 Å². The smallest absolute Gasteiger partial charge is 0.159 e. The number of benzene rings is 2. The minimum Gasteiger partial charge on any atom is -0.393 e. The first-order valence-electron chi connectivity index (χ1n) is 9.65. The number of para-hydroxylation sites is 1. The Hall–Kier alpha value is -3.61. The molecule has 0 spiro atoms.